The number of hydrogen-bond donors (Lipinski definition) is 2. The molecule has 3 unspecified atom stereocenters. The molecule has 1 saturated heterocycles. The maximum Gasteiger partial charge on any atom is 0.251 e. The number of primary amides is 1. The Kier molecular flexibility index (Phi) is 4.73. The van der Waals surface area contributed by atoms with Gasteiger partial charge in [0, 0.05) is 40.1 Å². The summed E-state index contributed by atoms with van der Waals surface area (Å²) in [6.07, 6.45) is 5.29. The van der Waals surface area contributed by atoms with Crippen molar-refractivity contribution in [3.05, 3.63) is 34.5 Å². The Morgan fingerprint density at radius 2 is 2.19 bits per heavy atom. The van der Waals surface area contributed by atoms with Crippen molar-refractivity contribution in [2.24, 2.45) is 5.73 Å². The number of amides is 1. The van der Waals surface area contributed by atoms with Crippen LogP contribution in [-0.2, 0) is 17.8 Å². The summed E-state index contributed by atoms with van der Waals surface area (Å²) in [5, 5.41) is 12.9. The number of carbonyl (C=O) groups excluding carboxylic acids is 1. The number of aliphatic hydroxyl groups is 1. The number of benzene rings is 1. The minimum atomic E-state index is -1.53. The first-order chi connectivity index (χ1) is 12.9. The van der Waals surface area contributed by atoms with Crippen molar-refractivity contribution < 1.29 is 9.90 Å². The SMILES string of the molecule is CCCCC(O)(Cn1c2c(c3cc(Cl)ccc31)C1CCC(C2)N1C)C(N)=O. The molecule has 5 nitrogen and oxygen atoms in total. The molecule has 4 rings (SSSR count). The molecule has 146 valence electrons. The van der Waals surface area contributed by atoms with E-state index >= 15 is 0 Å². The van der Waals surface area contributed by atoms with Crippen LogP contribution in [0.4, 0.5) is 0 Å². The fraction of sp³-hybridized carbons (Fsp3) is 0.571. The lowest BCUT2D eigenvalue weighted by atomic mass is 9.94. The predicted molar refractivity (Wildman–Crippen MR) is 108 cm³/mol. The fourth-order valence-electron chi connectivity index (χ4n) is 5.02. The minimum Gasteiger partial charge on any atom is -0.378 e. The molecule has 3 N–H and O–H groups in total. The van der Waals surface area contributed by atoms with Gasteiger partial charge in [0.1, 0.15) is 0 Å². The van der Waals surface area contributed by atoms with Crippen LogP contribution in [0.5, 0.6) is 0 Å². The summed E-state index contributed by atoms with van der Waals surface area (Å²) in [6.45, 7) is 2.25. The van der Waals surface area contributed by atoms with E-state index in [9.17, 15) is 9.90 Å². The Balaban J connectivity index is 1.87. The third-order valence-electron chi connectivity index (χ3n) is 6.60. The Hall–Kier alpha value is -1.56. The quantitative estimate of drug-likeness (QED) is 0.795. The van der Waals surface area contributed by atoms with Crippen LogP contribution in [0.3, 0.4) is 0 Å². The number of nitrogens with zero attached hydrogens (tertiary/aromatic N) is 2. The first-order valence-electron chi connectivity index (χ1n) is 9.90. The average Bonchev–Trinajstić information content (AvgIpc) is 3.03. The molecular formula is C21H28ClN3O2. The average molecular weight is 390 g/mol. The van der Waals surface area contributed by atoms with Gasteiger partial charge in [0.2, 0.25) is 0 Å². The first kappa shape index (κ1) is 18.8. The van der Waals surface area contributed by atoms with Gasteiger partial charge in [-0.3, -0.25) is 9.69 Å². The molecule has 3 heterocycles. The molecule has 2 aromatic rings. The number of rotatable bonds is 6. The van der Waals surface area contributed by atoms with Gasteiger partial charge in [-0.2, -0.15) is 0 Å². The van der Waals surface area contributed by atoms with Crippen LogP contribution >= 0.6 is 11.6 Å². The van der Waals surface area contributed by atoms with E-state index < -0.39 is 11.5 Å². The number of likely N-dealkylation sites (N-methyl/N-ethyl adjacent to an activating group) is 1. The Labute approximate surface area is 165 Å². The van der Waals surface area contributed by atoms with Gasteiger partial charge in [-0.05, 0) is 50.1 Å². The lowest BCUT2D eigenvalue weighted by Gasteiger charge is -2.33. The number of unbranched alkanes of at least 4 members (excludes halogenated alkanes) is 1. The Morgan fingerprint density at radius 1 is 1.41 bits per heavy atom. The van der Waals surface area contributed by atoms with E-state index in [4.69, 9.17) is 17.3 Å². The van der Waals surface area contributed by atoms with Crippen LogP contribution < -0.4 is 5.73 Å². The van der Waals surface area contributed by atoms with Crippen molar-refractivity contribution in [3.8, 4) is 0 Å². The van der Waals surface area contributed by atoms with Gasteiger partial charge in [-0.15, -0.1) is 0 Å². The zero-order chi connectivity index (χ0) is 19.3. The molecule has 2 bridgehead atoms. The van der Waals surface area contributed by atoms with Crippen LogP contribution in [0.2, 0.25) is 5.02 Å². The molecule has 0 aliphatic carbocycles. The molecule has 2 aliphatic heterocycles. The number of aromatic nitrogens is 1. The van der Waals surface area contributed by atoms with Gasteiger partial charge in [0.05, 0.1) is 6.54 Å². The van der Waals surface area contributed by atoms with Crippen LogP contribution in [-0.4, -0.2) is 39.2 Å². The van der Waals surface area contributed by atoms with E-state index in [1.807, 2.05) is 25.1 Å². The van der Waals surface area contributed by atoms with E-state index in [1.165, 1.54) is 17.7 Å². The predicted octanol–water partition coefficient (Wildman–Crippen LogP) is 3.39. The molecule has 0 spiro atoms. The van der Waals surface area contributed by atoms with Crippen molar-refractivity contribution in [1.29, 1.82) is 0 Å². The number of fused-ring (bicyclic) bond motifs is 6. The van der Waals surface area contributed by atoms with Crippen LogP contribution in [0.1, 0.15) is 56.3 Å². The summed E-state index contributed by atoms with van der Waals surface area (Å²) in [4.78, 5) is 14.6. The van der Waals surface area contributed by atoms with Gasteiger partial charge in [-0.25, -0.2) is 0 Å². The van der Waals surface area contributed by atoms with Gasteiger partial charge >= 0.3 is 0 Å². The van der Waals surface area contributed by atoms with E-state index in [1.54, 1.807) is 0 Å². The Morgan fingerprint density at radius 3 is 2.89 bits per heavy atom. The van der Waals surface area contributed by atoms with Gasteiger partial charge in [0.15, 0.2) is 5.60 Å². The highest BCUT2D eigenvalue weighted by atomic mass is 35.5. The lowest BCUT2D eigenvalue weighted by molar-refractivity contribution is -0.138. The molecule has 1 fully saturated rings. The topological polar surface area (TPSA) is 71.5 Å². The molecule has 2 aliphatic rings. The summed E-state index contributed by atoms with van der Waals surface area (Å²) >= 11 is 6.31. The normalized spacial score (nSPS) is 24.1. The third kappa shape index (κ3) is 2.96. The number of carbonyl (C=O) groups is 1. The maximum atomic E-state index is 12.1. The van der Waals surface area contributed by atoms with Gasteiger partial charge in [-0.1, -0.05) is 31.4 Å². The van der Waals surface area contributed by atoms with Crippen LogP contribution in [0.25, 0.3) is 10.9 Å². The lowest BCUT2D eigenvalue weighted by Crippen LogP contribution is -2.47. The zero-order valence-corrected chi connectivity index (χ0v) is 16.8. The second-order valence-corrected chi connectivity index (χ2v) is 8.66. The zero-order valence-electron chi connectivity index (χ0n) is 16.0. The number of hydrogen-bond acceptors (Lipinski definition) is 3. The van der Waals surface area contributed by atoms with Gasteiger partial charge in [0.25, 0.3) is 5.91 Å². The highest BCUT2D eigenvalue weighted by Crippen LogP contribution is 2.47. The largest absolute Gasteiger partial charge is 0.378 e. The summed E-state index contributed by atoms with van der Waals surface area (Å²) in [7, 11) is 2.19. The van der Waals surface area contributed by atoms with Crippen molar-refractivity contribution >= 4 is 28.4 Å². The summed E-state index contributed by atoms with van der Waals surface area (Å²) in [5.41, 5.74) is 7.67. The molecule has 0 saturated carbocycles. The summed E-state index contributed by atoms with van der Waals surface area (Å²) in [6, 6.07) is 6.79. The van der Waals surface area contributed by atoms with Gasteiger partial charge < -0.3 is 15.4 Å². The Bertz CT molecular complexity index is 893. The number of nitrogens with two attached hydrogens (primary N) is 1. The van der Waals surface area contributed by atoms with Crippen molar-refractivity contribution in [2.75, 3.05) is 7.05 Å². The number of halogens is 1. The van der Waals surface area contributed by atoms with E-state index in [0.717, 1.165) is 36.6 Å². The maximum absolute atomic E-state index is 12.1. The monoisotopic (exact) mass is 389 g/mol. The van der Waals surface area contributed by atoms with Crippen molar-refractivity contribution in [2.45, 2.75) is 69.7 Å². The molecule has 1 aromatic heterocycles. The molecule has 3 atom stereocenters. The molecule has 1 amide bonds. The molecule has 6 heteroatoms. The fourth-order valence-corrected chi connectivity index (χ4v) is 5.19. The van der Waals surface area contributed by atoms with Crippen molar-refractivity contribution in [1.82, 2.24) is 9.47 Å². The van der Waals surface area contributed by atoms with Crippen LogP contribution in [0, 0.1) is 0 Å². The van der Waals surface area contributed by atoms with Crippen LogP contribution in [0.15, 0.2) is 18.2 Å². The first-order valence-corrected chi connectivity index (χ1v) is 10.3. The molecule has 27 heavy (non-hydrogen) atoms. The van der Waals surface area contributed by atoms with E-state index in [0.29, 0.717) is 23.5 Å². The highest BCUT2D eigenvalue weighted by Gasteiger charge is 2.42. The second kappa shape index (κ2) is 6.80. The smallest absolute Gasteiger partial charge is 0.251 e. The highest BCUT2D eigenvalue weighted by molar-refractivity contribution is 6.31. The summed E-state index contributed by atoms with van der Waals surface area (Å²) < 4.78 is 2.14. The minimum absolute atomic E-state index is 0.207. The third-order valence-corrected chi connectivity index (χ3v) is 6.84. The molecular weight excluding hydrogens is 362 g/mol. The molecule has 0 radical (unpaired) electrons. The van der Waals surface area contributed by atoms with E-state index in [2.05, 4.69) is 16.5 Å². The standard InChI is InChI=1S/C21H28ClN3O2/c1-3-4-9-21(27,20(23)26)12-25-16-7-5-13(22)10-15(16)19-17-8-6-14(24(17)2)11-18(19)25/h5,7,10,14,17,27H,3-4,6,8-9,11-12H2,1-2H3,(H2,23,26). The molecule has 1 aromatic carbocycles. The summed E-state index contributed by atoms with van der Waals surface area (Å²) in [5.74, 6) is -0.642. The van der Waals surface area contributed by atoms with E-state index in [-0.39, 0.29) is 6.54 Å². The second-order valence-electron chi connectivity index (χ2n) is 8.22. The van der Waals surface area contributed by atoms with Crippen molar-refractivity contribution in [3.63, 3.8) is 0 Å².